The van der Waals surface area contributed by atoms with Crippen LogP contribution in [-0.4, -0.2) is 15.6 Å². The van der Waals surface area contributed by atoms with E-state index in [1.165, 1.54) is 11.1 Å². The Balaban J connectivity index is 1.85. The van der Waals surface area contributed by atoms with Crippen molar-refractivity contribution in [3.8, 4) is 0 Å². The van der Waals surface area contributed by atoms with Gasteiger partial charge >= 0.3 is 0 Å². The highest BCUT2D eigenvalue weighted by Gasteiger charge is 2.29. The molecule has 104 valence electrons. The van der Waals surface area contributed by atoms with Gasteiger partial charge in [-0.15, -0.1) is 0 Å². The first-order valence-electron chi connectivity index (χ1n) is 6.86. The number of rotatable bonds is 3. The third-order valence-corrected chi connectivity index (χ3v) is 4.62. The second-order valence-corrected chi connectivity index (χ2v) is 5.78. The van der Waals surface area contributed by atoms with E-state index in [0.29, 0.717) is 11.4 Å². The number of aromatic nitrogens is 2. The molecular formula is C16H17ClN2O. The highest BCUT2D eigenvalue weighted by Crippen LogP contribution is 2.34. The largest absolute Gasteiger partial charge is 0.299 e. The molecular weight excluding hydrogens is 272 g/mol. The van der Waals surface area contributed by atoms with E-state index < -0.39 is 0 Å². The SMILES string of the molecule is Cc1nn(C)c(CC(=O)C2CCc3ccccc32)c1Cl. The Morgan fingerprint density at radius 1 is 1.45 bits per heavy atom. The summed E-state index contributed by atoms with van der Waals surface area (Å²) >= 11 is 6.23. The number of halogens is 1. The fourth-order valence-corrected chi connectivity index (χ4v) is 3.28. The number of aryl methyl sites for hydroxylation is 3. The van der Waals surface area contributed by atoms with Gasteiger partial charge in [0.05, 0.1) is 22.8 Å². The fourth-order valence-electron chi connectivity index (χ4n) is 3.05. The Kier molecular flexibility index (Phi) is 3.38. The third-order valence-electron chi connectivity index (χ3n) is 4.12. The van der Waals surface area contributed by atoms with Crippen LogP contribution in [0.1, 0.15) is 34.9 Å². The summed E-state index contributed by atoms with van der Waals surface area (Å²) in [5.41, 5.74) is 4.09. The van der Waals surface area contributed by atoms with Crippen molar-refractivity contribution in [1.29, 1.82) is 0 Å². The minimum Gasteiger partial charge on any atom is -0.299 e. The first kappa shape index (κ1) is 13.4. The van der Waals surface area contributed by atoms with Crippen LogP contribution in [0.3, 0.4) is 0 Å². The topological polar surface area (TPSA) is 34.9 Å². The molecule has 1 aliphatic carbocycles. The molecule has 0 aliphatic heterocycles. The summed E-state index contributed by atoms with van der Waals surface area (Å²) in [5, 5.41) is 4.88. The summed E-state index contributed by atoms with van der Waals surface area (Å²) in [5.74, 6) is 0.248. The van der Waals surface area contributed by atoms with Gasteiger partial charge in [-0.2, -0.15) is 5.10 Å². The quantitative estimate of drug-likeness (QED) is 0.869. The minimum atomic E-state index is 0.0115. The Morgan fingerprint density at radius 3 is 2.90 bits per heavy atom. The van der Waals surface area contributed by atoms with Gasteiger partial charge in [-0.05, 0) is 30.9 Å². The summed E-state index contributed by atoms with van der Waals surface area (Å²) in [4.78, 5) is 12.6. The molecule has 0 saturated heterocycles. The van der Waals surface area contributed by atoms with Gasteiger partial charge in [0, 0.05) is 13.0 Å². The summed E-state index contributed by atoms with van der Waals surface area (Å²) in [6, 6.07) is 8.23. The van der Waals surface area contributed by atoms with Crippen LogP contribution in [0.2, 0.25) is 5.02 Å². The lowest BCUT2D eigenvalue weighted by Gasteiger charge is -2.11. The maximum atomic E-state index is 12.6. The van der Waals surface area contributed by atoms with Gasteiger partial charge in [-0.25, -0.2) is 0 Å². The number of nitrogens with zero attached hydrogens (tertiary/aromatic N) is 2. The molecule has 2 aromatic rings. The first-order chi connectivity index (χ1) is 9.58. The average molecular weight is 289 g/mol. The van der Waals surface area contributed by atoms with E-state index >= 15 is 0 Å². The summed E-state index contributed by atoms with van der Waals surface area (Å²) in [6.07, 6.45) is 2.26. The smallest absolute Gasteiger partial charge is 0.146 e. The van der Waals surface area contributed by atoms with Gasteiger partial charge in [0.1, 0.15) is 5.78 Å². The van der Waals surface area contributed by atoms with Crippen molar-refractivity contribution in [2.75, 3.05) is 0 Å². The van der Waals surface area contributed by atoms with Crippen LogP contribution in [0.15, 0.2) is 24.3 Å². The van der Waals surface area contributed by atoms with Crippen molar-refractivity contribution in [3.63, 3.8) is 0 Å². The van der Waals surface area contributed by atoms with Gasteiger partial charge in [0.2, 0.25) is 0 Å². The fraction of sp³-hybridized carbons (Fsp3) is 0.375. The maximum absolute atomic E-state index is 12.6. The minimum absolute atomic E-state index is 0.0115. The van der Waals surface area contributed by atoms with Crippen LogP contribution in [0.4, 0.5) is 0 Å². The molecule has 0 amide bonds. The van der Waals surface area contributed by atoms with Gasteiger partial charge in [0.25, 0.3) is 0 Å². The number of hydrogen-bond donors (Lipinski definition) is 0. The number of hydrogen-bond acceptors (Lipinski definition) is 2. The van der Waals surface area contributed by atoms with Crippen LogP contribution < -0.4 is 0 Å². The molecule has 3 nitrogen and oxygen atoms in total. The predicted molar refractivity (Wildman–Crippen MR) is 79.2 cm³/mol. The Labute approximate surface area is 123 Å². The maximum Gasteiger partial charge on any atom is 0.146 e. The molecule has 1 heterocycles. The van der Waals surface area contributed by atoms with Gasteiger partial charge in [0.15, 0.2) is 0 Å². The molecule has 3 rings (SSSR count). The Morgan fingerprint density at radius 2 is 2.20 bits per heavy atom. The van der Waals surface area contributed by atoms with E-state index in [0.717, 1.165) is 24.2 Å². The number of fused-ring (bicyclic) bond motifs is 1. The van der Waals surface area contributed by atoms with Crippen LogP contribution >= 0.6 is 11.6 Å². The zero-order chi connectivity index (χ0) is 14.3. The van der Waals surface area contributed by atoms with Gasteiger partial charge in [-0.3, -0.25) is 9.48 Å². The van der Waals surface area contributed by atoms with Crippen LogP contribution in [-0.2, 0) is 24.7 Å². The lowest BCUT2D eigenvalue weighted by atomic mass is 9.94. The van der Waals surface area contributed by atoms with Crippen molar-refractivity contribution in [3.05, 3.63) is 51.8 Å². The molecule has 4 heteroatoms. The van der Waals surface area contributed by atoms with Crippen molar-refractivity contribution in [1.82, 2.24) is 9.78 Å². The third kappa shape index (κ3) is 2.16. The molecule has 0 saturated carbocycles. The molecule has 1 unspecified atom stereocenters. The molecule has 1 aliphatic rings. The second kappa shape index (κ2) is 5.06. The highest BCUT2D eigenvalue weighted by molar-refractivity contribution is 6.32. The number of benzene rings is 1. The molecule has 1 atom stereocenters. The molecule has 0 fully saturated rings. The molecule has 20 heavy (non-hydrogen) atoms. The van der Waals surface area contributed by atoms with E-state index in [9.17, 15) is 4.79 Å². The summed E-state index contributed by atoms with van der Waals surface area (Å²) < 4.78 is 1.72. The van der Waals surface area contributed by atoms with Crippen molar-refractivity contribution >= 4 is 17.4 Å². The zero-order valence-corrected chi connectivity index (χ0v) is 12.4. The molecule has 0 N–H and O–H groups in total. The highest BCUT2D eigenvalue weighted by atomic mass is 35.5. The Bertz CT molecular complexity index is 675. The van der Waals surface area contributed by atoms with Gasteiger partial charge < -0.3 is 0 Å². The van der Waals surface area contributed by atoms with Crippen molar-refractivity contribution in [2.24, 2.45) is 7.05 Å². The normalized spacial score (nSPS) is 17.2. The molecule has 0 bridgehead atoms. The van der Waals surface area contributed by atoms with Crippen LogP contribution in [0.25, 0.3) is 0 Å². The molecule has 1 aromatic carbocycles. The van der Waals surface area contributed by atoms with Crippen LogP contribution in [0.5, 0.6) is 0 Å². The number of carbonyl (C=O) groups is 1. The zero-order valence-electron chi connectivity index (χ0n) is 11.7. The van der Waals surface area contributed by atoms with E-state index in [2.05, 4.69) is 17.2 Å². The standard InChI is InChI=1S/C16H17ClN2O/c1-10-16(17)14(19(2)18-10)9-15(20)13-8-7-11-5-3-4-6-12(11)13/h3-6,13H,7-9H2,1-2H3. The summed E-state index contributed by atoms with van der Waals surface area (Å²) in [6.45, 7) is 1.86. The van der Waals surface area contributed by atoms with E-state index in [1.807, 2.05) is 26.1 Å². The average Bonchev–Trinajstić information content (AvgIpc) is 2.96. The number of Topliss-reactive ketones (excluding diaryl/α,β-unsaturated/α-hetero) is 1. The lowest BCUT2D eigenvalue weighted by molar-refractivity contribution is -0.119. The number of ketones is 1. The van der Waals surface area contributed by atoms with Gasteiger partial charge in [-0.1, -0.05) is 35.9 Å². The molecule has 0 spiro atoms. The Hall–Kier alpha value is -1.61. The second-order valence-electron chi connectivity index (χ2n) is 5.40. The predicted octanol–water partition coefficient (Wildman–Crippen LogP) is 3.22. The monoisotopic (exact) mass is 288 g/mol. The van der Waals surface area contributed by atoms with E-state index in [1.54, 1.807) is 4.68 Å². The first-order valence-corrected chi connectivity index (χ1v) is 7.24. The van der Waals surface area contributed by atoms with E-state index in [4.69, 9.17) is 11.6 Å². The van der Waals surface area contributed by atoms with Crippen molar-refractivity contribution < 1.29 is 4.79 Å². The molecule has 1 aromatic heterocycles. The molecule has 0 radical (unpaired) electrons. The number of carbonyl (C=O) groups excluding carboxylic acids is 1. The van der Waals surface area contributed by atoms with Crippen LogP contribution in [0, 0.1) is 6.92 Å². The van der Waals surface area contributed by atoms with E-state index in [-0.39, 0.29) is 11.7 Å². The van der Waals surface area contributed by atoms with Crippen molar-refractivity contribution in [2.45, 2.75) is 32.1 Å². The summed E-state index contributed by atoms with van der Waals surface area (Å²) in [7, 11) is 1.84. The lowest BCUT2D eigenvalue weighted by Crippen LogP contribution is -2.15.